The van der Waals surface area contributed by atoms with Crippen molar-refractivity contribution in [2.45, 2.75) is 25.8 Å². The maximum atomic E-state index is 14.2. The molecule has 1 unspecified atom stereocenters. The Labute approximate surface area is 123 Å². The van der Waals surface area contributed by atoms with Crippen molar-refractivity contribution in [1.29, 1.82) is 0 Å². The highest BCUT2D eigenvalue weighted by Crippen LogP contribution is 2.31. The second-order valence-corrected chi connectivity index (χ2v) is 5.68. The second-order valence-electron chi connectivity index (χ2n) is 4.65. The van der Waals surface area contributed by atoms with Crippen LogP contribution in [0, 0.1) is 5.82 Å². The van der Waals surface area contributed by atoms with Crippen LogP contribution in [-0.2, 0) is 6.42 Å². The fourth-order valence-electron chi connectivity index (χ4n) is 2.26. The maximum Gasteiger partial charge on any atom is 0.131 e. The van der Waals surface area contributed by atoms with Crippen LogP contribution in [0.25, 0.3) is 0 Å². The Kier molecular flexibility index (Phi) is 5.56. The Morgan fingerprint density at radius 3 is 2.80 bits per heavy atom. The summed E-state index contributed by atoms with van der Waals surface area (Å²) in [5, 5.41) is 5.47. The van der Waals surface area contributed by atoms with E-state index in [9.17, 15) is 4.39 Å². The molecule has 2 rings (SSSR count). The monoisotopic (exact) mass is 293 g/mol. The van der Waals surface area contributed by atoms with Crippen LogP contribution >= 0.6 is 11.3 Å². The van der Waals surface area contributed by atoms with Gasteiger partial charge in [-0.05, 0) is 36.5 Å². The van der Waals surface area contributed by atoms with Crippen LogP contribution in [0.5, 0.6) is 5.75 Å². The van der Waals surface area contributed by atoms with Gasteiger partial charge in [0.05, 0.1) is 7.11 Å². The van der Waals surface area contributed by atoms with Crippen LogP contribution < -0.4 is 10.1 Å². The quantitative estimate of drug-likeness (QED) is 0.827. The minimum atomic E-state index is -0.213. The van der Waals surface area contributed by atoms with Crippen LogP contribution in [0.2, 0.25) is 0 Å². The van der Waals surface area contributed by atoms with Gasteiger partial charge in [0.2, 0.25) is 0 Å². The summed E-state index contributed by atoms with van der Waals surface area (Å²) in [6.45, 7) is 2.96. The number of rotatable bonds is 7. The first-order valence-corrected chi connectivity index (χ1v) is 7.72. The van der Waals surface area contributed by atoms with E-state index >= 15 is 0 Å². The smallest absolute Gasteiger partial charge is 0.131 e. The van der Waals surface area contributed by atoms with Crippen molar-refractivity contribution < 1.29 is 9.13 Å². The van der Waals surface area contributed by atoms with E-state index in [-0.39, 0.29) is 11.9 Å². The molecular formula is C16H20FNOS. The molecule has 0 aliphatic rings. The lowest BCUT2D eigenvalue weighted by Gasteiger charge is -2.21. The first kappa shape index (κ1) is 15.0. The van der Waals surface area contributed by atoms with E-state index in [2.05, 4.69) is 18.3 Å². The minimum absolute atomic E-state index is 0.0650. The molecule has 20 heavy (non-hydrogen) atoms. The van der Waals surface area contributed by atoms with Crippen molar-refractivity contribution in [2.24, 2.45) is 0 Å². The predicted molar refractivity (Wildman–Crippen MR) is 82.0 cm³/mol. The van der Waals surface area contributed by atoms with E-state index < -0.39 is 0 Å². The molecule has 0 saturated carbocycles. The van der Waals surface area contributed by atoms with Gasteiger partial charge in [-0.1, -0.05) is 19.1 Å². The molecule has 1 aromatic carbocycles. The Balaban J connectivity index is 2.30. The van der Waals surface area contributed by atoms with Crippen molar-refractivity contribution in [3.05, 3.63) is 52.0 Å². The maximum absolute atomic E-state index is 14.2. The lowest BCUT2D eigenvalue weighted by molar-refractivity contribution is 0.389. The van der Waals surface area contributed by atoms with Crippen LogP contribution in [0.15, 0.2) is 35.7 Å². The number of halogens is 1. The largest absolute Gasteiger partial charge is 0.496 e. The molecule has 1 atom stereocenters. The Hall–Kier alpha value is -1.39. The zero-order valence-corrected chi connectivity index (χ0v) is 12.7. The van der Waals surface area contributed by atoms with Gasteiger partial charge in [0.15, 0.2) is 0 Å². The highest BCUT2D eigenvalue weighted by atomic mass is 32.1. The number of thiophene rings is 1. The SMILES string of the molecule is CCCNC(Cc1cccs1)c1c(F)cccc1OC. The molecule has 1 heterocycles. The summed E-state index contributed by atoms with van der Waals surface area (Å²) >= 11 is 1.70. The normalized spacial score (nSPS) is 12.3. The molecular weight excluding hydrogens is 273 g/mol. The standard InChI is InChI=1S/C16H20FNOS/c1-3-9-18-14(11-12-6-5-10-20-12)16-13(17)7-4-8-15(16)19-2/h4-8,10,14,18H,3,9,11H2,1-2H3. The second kappa shape index (κ2) is 7.41. The predicted octanol–water partition coefficient (Wildman–Crippen LogP) is 4.18. The molecule has 0 fully saturated rings. The number of methoxy groups -OCH3 is 1. The highest BCUT2D eigenvalue weighted by molar-refractivity contribution is 7.09. The van der Waals surface area contributed by atoms with E-state index in [1.54, 1.807) is 24.5 Å². The van der Waals surface area contributed by atoms with E-state index in [4.69, 9.17) is 4.74 Å². The summed E-state index contributed by atoms with van der Waals surface area (Å²) in [6.07, 6.45) is 1.78. The minimum Gasteiger partial charge on any atom is -0.496 e. The van der Waals surface area contributed by atoms with Crippen LogP contribution in [0.1, 0.15) is 29.8 Å². The van der Waals surface area contributed by atoms with Gasteiger partial charge in [-0.3, -0.25) is 0 Å². The average molecular weight is 293 g/mol. The van der Waals surface area contributed by atoms with Gasteiger partial charge >= 0.3 is 0 Å². The van der Waals surface area contributed by atoms with Gasteiger partial charge in [-0.2, -0.15) is 0 Å². The number of ether oxygens (including phenoxy) is 1. The molecule has 108 valence electrons. The van der Waals surface area contributed by atoms with Gasteiger partial charge < -0.3 is 10.1 Å². The number of hydrogen-bond acceptors (Lipinski definition) is 3. The summed E-state index contributed by atoms with van der Waals surface area (Å²) in [5.41, 5.74) is 0.622. The van der Waals surface area contributed by atoms with Gasteiger partial charge in [0, 0.05) is 22.9 Å². The third-order valence-corrected chi connectivity index (χ3v) is 4.11. The first-order valence-electron chi connectivity index (χ1n) is 6.84. The van der Waals surface area contributed by atoms with Crippen molar-refractivity contribution in [3.63, 3.8) is 0 Å². The Bertz CT molecular complexity index is 527. The fourth-order valence-corrected chi connectivity index (χ4v) is 3.01. The van der Waals surface area contributed by atoms with Crippen molar-refractivity contribution >= 4 is 11.3 Å². The molecule has 0 aliphatic carbocycles. The van der Waals surface area contributed by atoms with E-state index in [1.165, 1.54) is 10.9 Å². The van der Waals surface area contributed by atoms with Crippen LogP contribution in [0.4, 0.5) is 4.39 Å². The summed E-state index contributed by atoms with van der Waals surface area (Å²) < 4.78 is 19.6. The highest BCUT2D eigenvalue weighted by Gasteiger charge is 2.20. The molecule has 2 aromatic rings. The number of hydrogen-bond donors (Lipinski definition) is 1. The molecule has 4 heteroatoms. The van der Waals surface area contributed by atoms with Crippen molar-refractivity contribution in [2.75, 3.05) is 13.7 Å². The molecule has 0 bridgehead atoms. The summed E-state index contributed by atoms with van der Waals surface area (Å²) in [6, 6.07) is 9.03. The summed E-state index contributed by atoms with van der Waals surface area (Å²) in [5.74, 6) is 0.393. The lowest BCUT2D eigenvalue weighted by atomic mass is 10.0. The van der Waals surface area contributed by atoms with E-state index in [0.29, 0.717) is 11.3 Å². The third-order valence-electron chi connectivity index (χ3n) is 3.21. The van der Waals surface area contributed by atoms with Crippen LogP contribution in [0.3, 0.4) is 0 Å². The van der Waals surface area contributed by atoms with Gasteiger partial charge in [-0.15, -0.1) is 11.3 Å². The molecule has 0 amide bonds. The molecule has 1 N–H and O–H groups in total. The molecule has 0 spiro atoms. The topological polar surface area (TPSA) is 21.3 Å². The van der Waals surface area contributed by atoms with Crippen molar-refractivity contribution in [1.82, 2.24) is 5.32 Å². The third kappa shape index (κ3) is 3.58. The molecule has 0 aliphatic heterocycles. The molecule has 1 aromatic heterocycles. The van der Waals surface area contributed by atoms with E-state index in [0.717, 1.165) is 19.4 Å². The summed E-state index contributed by atoms with van der Waals surface area (Å²) in [4.78, 5) is 1.24. The van der Waals surface area contributed by atoms with Gasteiger partial charge in [0.25, 0.3) is 0 Å². The fraction of sp³-hybridized carbons (Fsp3) is 0.375. The zero-order valence-electron chi connectivity index (χ0n) is 11.9. The lowest BCUT2D eigenvalue weighted by Crippen LogP contribution is -2.25. The van der Waals surface area contributed by atoms with Crippen molar-refractivity contribution in [3.8, 4) is 5.75 Å². The molecule has 2 nitrogen and oxygen atoms in total. The van der Waals surface area contributed by atoms with E-state index in [1.807, 2.05) is 17.5 Å². The van der Waals surface area contributed by atoms with Gasteiger partial charge in [0.1, 0.15) is 11.6 Å². The zero-order chi connectivity index (χ0) is 14.4. The molecule has 0 radical (unpaired) electrons. The first-order chi connectivity index (χ1) is 9.76. The summed E-state index contributed by atoms with van der Waals surface area (Å²) in [7, 11) is 1.58. The number of nitrogens with one attached hydrogen (secondary N) is 1. The Morgan fingerprint density at radius 2 is 2.15 bits per heavy atom. The number of benzene rings is 1. The average Bonchev–Trinajstić information content (AvgIpc) is 2.96. The van der Waals surface area contributed by atoms with Gasteiger partial charge in [-0.25, -0.2) is 4.39 Å². The molecule has 0 saturated heterocycles. The Morgan fingerprint density at radius 1 is 1.30 bits per heavy atom. The van der Waals surface area contributed by atoms with Crippen LogP contribution in [-0.4, -0.2) is 13.7 Å².